The molecular formula is C37H48FNO3. The molecule has 5 heteroatoms. The van der Waals surface area contributed by atoms with Crippen LogP contribution in [0.3, 0.4) is 0 Å². The first-order valence-corrected chi connectivity index (χ1v) is 15.5. The van der Waals surface area contributed by atoms with Gasteiger partial charge in [-0.1, -0.05) is 71.4 Å². The van der Waals surface area contributed by atoms with Crippen LogP contribution in [0.15, 0.2) is 66.7 Å². The van der Waals surface area contributed by atoms with Gasteiger partial charge in [-0.2, -0.15) is 0 Å². The molecule has 0 radical (unpaired) electrons. The van der Waals surface area contributed by atoms with Crippen LogP contribution in [0.4, 0.5) is 10.1 Å². The molecule has 5 rings (SSSR count). The van der Waals surface area contributed by atoms with E-state index < -0.39 is 5.97 Å². The van der Waals surface area contributed by atoms with Gasteiger partial charge in [-0.05, 0) is 103 Å². The first-order chi connectivity index (χ1) is 20.2. The van der Waals surface area contributed by atoms with E-state index >= 15 is 0 Å². The molecule has 1 aliphatic heterocycles. The summed E-state index contributed by atoms with van der Waals surface area (Å²) in [4.78, 5) is 13.4. The van der Waals surface area contributed by atoms with Gasteiger partial charge in [-0.15, -0.1) is 0 Å². The van der Waals surface area contributed by atoms with Crippen LogP contribution < -0.4 is 9.64 Å². The molecule has 0 unspecified atom stereocenters. The topological polar surface area (TPSA) is 49.8 Å². The highest BCUT2D eigenvalue weighted by Gasteiger charge is 2.30. The Hall–Kier alpha value is -3.60. The number of carbonyl (C=O) groups is 1. The molecule has 1 fully saturated rings. The van der Waals surface area contributed by atoms with Crippen molar-refractivity contribution < 1.29 is 19.0 Å². The molecule has 0 aromatic heterocycles. The third kappa shape index (κ3) is 7.81. The summed E-state index contributed by atoms with van der Waals surface area (Å²) in [5.41, 5.74) is 7.02. The van der Waals surface area contributed by atoms with Crippen molar-refractivity contribution in [2.75, 3.05) is 11.4 Å². The van der Waals surface area contributed by atoms with Crippen LogP contribution in [0.25, 0.3) is 16.7 Å². The number of hydrogen-bond acceptors (Lipinski definition) is 3. The highest BCUT2D eigenvalue weighted by molar-refractivity contribution is 5.85. The maximum Gasteiger partial charge on any atom is 0.305 e. The number of anilines is 1. The van der Waals surface area contributed by atoms with E-state index in [1.807, 2.05) is 77.1 Å². The molecule has 1 aliphatic carbocycles. The number of rotatable bonds is 8. The lowest BCUT2D eigenvalue weighted by Gasteiger charge is -2.26. The molecule has 3 aromatic rings. The van der Waals surface area contributed by atoms with Crippen molar-refractivity contribution in [1.82, 2.24) is 0 Å². The predicted octanol–water partition coefficient (Wildman–Crippen LogP) is 10.1. The van der Waals surface area contributed by atoms with Crippen molar-refractivity contribution in [3.05, 3.63) is 89.2 Å². The molecule has 226 valence electrons. The van der Waals surface area contributed by atoms with Gasteiger partial charge >= 0.3 is 5.97 Å². The van der Waals surface area contributed by atoms with E-state index in [1.165, 1.54) is 5.57 Å². The summed E-state index contributed by atoms with van der Waals surface area (Å²) in [7, 11) is 0. The SMILES string of the molecule is CC.CC.Cc1ccc(F)c(-c2ccc(COc3ccc(N4CCC[C@H]4CC(=O)O)cc3)cc2C2=CCCC2(C)C)c1. The molecule has 0 saturated carbocycles. The van der Waals surface area contributed by atoms with E-state index in [4.69, 9.17) is 4.74 Å². The van der Waals surface area contributed by atoms with E-state index in [2.05, 4.69) is 30.9 Å². The predicted molar refractivity (Wildman–Crippen MR) is 174 cm³/mol. The number of ether oxygens (including phenoxy) is 1. The summed E-state index contributed by atoms with van der Waals surface area (Å²) in [5.74, 6) is -0.200. The maximum absolute atomic E-state index is 14.9. The van der Waals surface area contributed by atoms with E-state index in [-0.39, 0.29) is 23.7 Å². The van der Waals surface area contributed by atoms with Gasteiger partial charge in [0.25, 0.3) is 0 Å². The molecular weight excluding hydrogens is 525 g/mol. The Morgan fingerprint density at radius 3 is 2.33 bits per heavy atom. The summed E-state index contributed by atoms with van der Waals surface area (Å²) < 4.78 is 21.1. The second kappa shape index (κ2) is 15.0. The fraction of sp³-hybridized carbons (Fsp3) is 0.432. The van der Waals surface area contributed by atoms with Gasteiger partial charge in [0.1, 0.15) is 18.2 Å². The summed E-state index contributed by atoms with van der Waals surface area (Å²) in [5, 5.41) is 9.22. The number of nitrogens with zero attached hydrogens (tertiary/aromatic N) is 1. The largest absolute Gasteiger partial charge is 0.489 e. The molecule has 4 nitrogen and oxygen atoms in total. The minimum absolute atomic E-state index is 0.0262. The minimum atomic E-state index is -0.755. The third-order valence-corrected chi connectivity index (χ3v) is 7.99. The molecule has 1 saturated heterocycles. The number of benzene rings is 3. The van der Waals surface area contributed by atoms with Crippen LogP contribution in [0.2, 0.25) is 0 Å². The number of halogens is 1. The van der Waals surface area contributed by atoms with Gasteiger partial charge in [0.15, 0.2) is 0 Å². The molecule has 0 bridgehead atoms. The second-order valence-corrected chi connectivity index (χ2v) is 11.3. The van der Waals surface area contributed by atoms with Crippen LogP contribution in [-0.2, 0) is 11.4 Å². The summed E-state index contributed by atoms with van der Waals surface area (Å²) in [6, 6.07) is 19.5. The quantitative estimate of drug-likeness (QED) is 0.291. The van der Waals surface area contributed by atoms with E-state index in [9.17, 15) is 14.3 Å². The standard InChI is InChI=1S/C33H36FNO3.2C2H6/c1-22-8-15-31(34)29(18-22)27-14-9-23(19-28(27)30-7-4-16-33(30,2)3)21-38-26-12-10-24(11-13-26)35-17-5-6-25(35)20-32(36)37;2*1-2/h7-15,18-19,25H,4-6,16-17,20-21H2,1-3H3,(H,36,37);2*1-2H3/t25-;;/m0../s1. The highest BCUT2D eigenvalue weighted by atomic mass is 19.1. The van der Waals surface area contributed by atoms with Crippen molar-refractivity contribution in [3.63, 3.8) is 0 Å². The van der Waals surface area contributed by atoms with Gasteiger partial charge in [0.05, 0.1) is 6.42 Å². The number of carboxylic acids is 1. The Bertz CT molecular complexity index is 1360. The maximum atomic E-state index is 14.9. The minimum Gasteiger partial charge on any atom is -0.489 e. The van der Waals surface area contributed by atoms with Crippen molar-refractivity contribution >= 4 is 17.2 Å². The zero-order chi connectivity index (χ0) is 30.9. The van der Waals surface area contributed by atoms with Crippen LogP contribution in [0.1, 0.15) is 90.3 Å². The summed E-state index contributed by atoms with van der Waals surface area (Å²) >= 11 is 0. The summed E-state index contributed by atoms with van der Waals surface area (Å²) in [6.07, 6.45) is 6.48. The van der Waals surface area contributed by atoms with Crippen LogP contribution in [-0.4, -0.2) is 23.7 Å². The Labute approximate surface area is 252 Å². The normalized spacial score (nSPS) is 17.0. The Morgan fingerprint density at radius 2 is 1.69 bits per heavy atom. The Balaban J connectivity index is 0.00000116. The Morgan fingerprint density at radius 1 is 0.976 bits per heavy atom. The van der Waals surface area contributed by atoms with Crippen LogP contribution in [0, 0.1) is 18.2 Å². The fourth-order valence-electron chi connectivity index (χ4n) is 5.94. The van der Waals surface area contributed by atoms with Crippen molar-refractivity contribution in [2.45, 2.75) is 93.2 Å². The van der Waals surface area contributed by atoms with Gasteiger partial charge in [-0.25, -0.2) is 4.39 Å². The first-order valence-electron chi connectivity index (χ1n) is 15.5. The third-order valence-electron chi connectivity index (χ3n) is 7.99. The molecule has 1 atom stereocenters. The average Bonchev–Trinajstić information content (AvgIpc) is 3.60. The lowest BCUT2D eigenvalue weighted by molar-refractivity contribution is -0.137. The van der Waals surface area contributed by atoms with Gasteiger partial charge in [-0.3, -0.25) is 4.79 Å². The second-order valence-electron chi connectivity index (χ2n) is 11.3. The molecule has 3 aromatic carbocycles. The number of hydrogen-bond donors (Lipinski definition) is 1. The monoisotopic (exact) mass is 573 g/mol. The zero-order valence-electron chi connectivity index (χ0n) is 26.5. The first kappa shape index (κ1) is 32.9. The van der Waals surface area contributed by atoms with E-state index in [0.29, 0.717) is 12.2 Å². The van der Waals surface area contributed by atoms with Crippen molar-refractivity contribution in [2.24, 2.45) is 5.41 Å². The fourth-order valence-corrected chi connectivity index (χ4v) is 5.94. The van der Waals surface area contributed by atoms with Gasteiger partial charge < -0.3 is 14.7 Å². The molecule has 1 N–H and O–H groups in total. The summed E-state index contributed by atoms with van der Waals surface area (Å²) in [6.45, 7) is 15.8. The van der Waals surface area contributed by atoms with E-state index in [1.54, 1.807) is 12.1 Å². The van der Waals surface area contributed by atoms with Gasteiger partial charge in [0.2, 0.25) is 0 Å². The number of aryl methyl sites for hydroxylation is 1. The number of carboxylic acid groups (broad SMARTS) is 1. The van der Waals surface area contributed by atoms with Crippen molar-refractivity contribution in [3.8, 4) is 16.9 Å². The number of aliphatic carboxylic acids is 1. The number of allylic oxidation sites excluding steroid dienone is 2. The zero-order valence-corrected chi connectivity index (χ0v) is 26.5. The molecule has 1 heterocycles. The molecule has 0 amide bonds. The highest BCUT2D eigenvalue weighted by Crippen LogP contribution is 2.47. The lowest BCUT2D eigenvalue weighted by Crippen LogP contribution is -2.31. The van der Waals surface area contributed by atoms with Crippen LogP contribution in [0.5, 0.6) is 5.75 Å². The van der Waals surface area contributed by atoms with Crippen LogP contribution >= 0.6 is 0 Å². The molecule has 0 spiro atoms. The van der Waals surface area contributed by atoms with E-state index in [0.717, 1.165) is 65.9 Å². The Kier molecular flexibility index (Phi) is 11.8. The lowest BCUT2D eigenvalue weighted by atomic mass is 9.79. The van der Waals surface area contributed by atoms with Crippen molar-refractivity contribution in [1.29, 1.82) is 0 Å². The molecule has 42 heavy (non-hydrogen) atoms. The van der Waals surface area contributed by atoms with Gasteiger partial charge in [0, 0.05) is 23.8 Å². The average molecular weight is 574 g/mol. The smallest absolute Gasteiger partial charge is 0.305 e. The molecule has 2 aliphatic rings.